The van der Waals surface area contributed by atoms with Gasteiger partial charge >= 0.3 is 0 Å². The molecule has 0 radical (unpaired) electrons. The Kier molecular flexibility index (Phi) is 4.57. The Morgan fingerprint density at radius 1 is 1.13 bits per heavy atom. The first-order valence-electron chi connectivity index (χ1n) is 7.69. The molecule has 2 aromatic carbocycles. The van der Waals surface area contributed by atoms with Crippen molar-refractivity contribution in [3.63, 3.8) is 0 Å². The van der Waals surface area contributed by atoms with E-state index in [1.165, 1.54) is 0 Å². The van der Waals surface area contributed by atoms with Crippen molar-refractivity contribution in [2.45, 2.75) is 13.0 Å². The van der Waals surface area contributed by atoms with Crippen molar-refractivity contribution in [2.75, 3.05) is 18.9 Å². The van der Waals surface area contributed by atoms with E-state index in [1.54, 1.807) is 4.90 Å². The third-order valence-electron chi connectivity index (χ3n) is 3.71. The fourth-order valence-corrected chi connectivity index (χ4v) is 2.46. The number of imidazole rings is 1. The van der Waals surface area contributed by atoms with Crippen LogP contribution in [0.2, 0.25) is 0 Å². The van der Waals surface area contributed by atoms with Gasteiger partial charge in [0, 0.05) is 26.6 Å². The molecule has 118 valence electrons. The minimum atomic E-state index is 0.109. The number of para-hydroxylation sites is 2. The molecule has 0 aliphatic heterocycles. The lowest BCUT2D eigenvalue weighted by molar-refractivity contribution is -0.130. The van der Waals surface area contributed by atoms with E-state index in [4.69, 9.17) is 0 Å². The van der Waals surface area contributed by atoms with Gasteiger partial charge in [-0.1, -0.05) is 42.5 Å². The van der Waals surface area contributed by atoms with Crippen molar-refractivity contribution < 1.29 is 4.79 Å². The lowest BCUT2D eigenvalue weighted by Crippen LogP contribution is -2.27. The number of carbonyl (C=O) groups is 1. The summed E-state index contributed by atoms with van der Waals surface area (Å²) in [6, 6.07) is 17.8. The predicted molar refractivity (Wildman–Crippen MR) is 92.1 cm³/mol. The number of aromatic amines is 1. The van der Waals surface area contributed by atoms with E-state index in [0.717, 1.165) is 16.6 Å². The van der Waals surface area contributed by atoms with Crippen LogP contribution >= 0.6 is 0 Å². The molecule has 2 N–H and O–H groups in total. The molecule has 0 spiro atoms. The van der Waals surface area contributed by atoms with Gasteiger partial charge in [0.25, 0.3) is 0 Å². The van der Waals surface area contributed by atoms with Gasteiger partial charge in [0.15, 0.2) is 0 Å². The highest BCUT2D eigenvalue weighted by molar-refractivity contribution is 5.78. The molecule has 5 heteroatoms. The number of anilines is 1. The highest BCUT2D eigenvalue weighted by atomic mass is 16.2. The van der Waals surface area contributed by atoms with Crippen molar-refractivity contribution in [1.29, 1.82) is 0 Å². The van der Waals surface area contributed by atoms with E-state index < -0.39 is 0 Å². The summed E-state index contributed by atoms with van der Waals surface area (Å²) >= 11 is 0. The minimum Gasteiger partial charge on any atom is -0.355 e. The molecule has 0 saturated carbocycles. The fraction of sp³-hybridized carbons (Fsp3) is 0.222. The van der Waals surface area contributed by atoms with Gasteiger partial charge in [0.05, 0.1) is 11.0 Å². The van der Waals surface area contributed by atoms with E-state index in [-0.39, 0.29) is 5.91 Å². The first-order valence-corrected chi connectivity index (χ1v) is 7.69. The summed E-state index contributed by atoms with van der Waals surface area (Å²) in [5, 5.41) is 3.17. The summed E-state index contributed by atoms with van der Waals surface area (Å²) in [6.07, 6.45) is 0.431. The number of hydrogen-bond donors (Lipinski definition) is 2. The number of hydrogen-bond acceptors (Lipinski definition) is 3. The number of rotatable bonds is 6. The molecule has 0 saturated heterocycles. The van der Waals surface area contributed by atoms with Crippen molar-refractivity contribution >= 4 is 22.9 Å². The van der Waals surface area contributed by atoms with Crippen molar-refractivity contribution in [1.82, 2.24) is 14.9 Å². The number of amides is 1. The summed E-state index contributed by atoms with van der Waals surface area (Å²) in [6.45, 7) is 1.18. The second-order valence-electron chi connectivity index (χ2n) is 5.51. The predicted octanol–water partition coefficient (Wildman–Crippen LogP) is 3.02. The first-order chi connectivity index (χ1) is 11.2. The lowest BCUT2D eigenvalue weighted by atomic mass is 10.2. The number of H-pyrrole nitrogens is 1. The zero-order valence-corrected chi connectivity index (χ0v) is 13.1. The highest BCUT2D eigenvalue weighted by Gasteiger charge is 2.09. The third kappa shape index (κ3) is 3.88. The zero-order valence-electron chi connectivity index (χ0n) is 13.1. The van der Waals surface area contributed by atoms with E-state index >= 15 is 0 Å². The monoisotopic (exact) mass is 308 g/mol. The normalized spacial score (nSPS) is 10.7. The topological polar surface area (TPSA) is 61.0 Å². The summed E-state index contributed by atoms with van der Waals surface area (Å²) < 4.78 is 0. The molecule has 0 fully saturated rings. The molecule has 0 aliphatic carbocycles. The Morgan fingerprint density at radius 3 is 2.65 bits per heavy atom. The van der Waals surface area contributed by atoms with Gasteiger partial charge in [-0.2, -0.15) is 0 Å². The average Bonchev–Trinajstić information content (AvgIpc) is 2.98. The largest absolute Gasteiger partial charge is 0.355 e. The molecule has 1 heterocycles. The number of nitrogens with one attached hydrogen (secondary N) is 2. The number of nitrogens with zero attached hydrogens (tertiary/aromatic N) is 2. The van der Waals surface area contributed by atoms with E-state index in [0.29, 0.717) is 25.5 Å². The Balaban J connectivity index is 1.48. The molecule has 0 aliphatic rings. The van der Waals surface area contributed by atoms with Crippen LogP contribution in [-0.2, 0) is 11.3 Å². The van der Waals surface area contributed by atoms with Crippen LogP contribution in [0.4, 0.5) is 5.95 Å². The number of fused-ring (bicyclic) bond motifs is 1. The van der Waals surface area contributed by atoms with Gasteiger partial charge in [-0.05, 0) is 17.7 Å². The van der Waals surface area contributed by atoms with Crippen LogP contribution in [0.25, 0.3) is 11.0 Å². The molecule has 5 nitrogen and oxygen atoms in total. The highest BCUT2D eigenvalue weighted by Crippen LogP contribution is 2.13. The molecule has 0 atom stereocenters. The first kappa shape index (κ1) is 15.1. The third-order valence-corrected chi connectivity index (χ3v) is 3.71. The molecule has 1 amide bonds. The molecular formula is C18H20N4O. The molecule has 3 aromatic rings. The quantitative estimate of drug-likeness (QED) is 0.736. The Labute approximate surface area is 135 Å². The molecule has 0 bridgehead atoms. The van der Waals surface area contributed by atoms with Crippen LogP contribution in [-0.4, -0.2) is 34.4 Å². The van der Waals surface area contributed by atoms with Crippen LogP contribution in [0.3, 0.4) is 0 Å². The van der Waals surface area contributed by atoms with E-state index in [9.17, 15) is 4.79 Å². The smallest absolute Gasteiger partial charge is 0.224 e. The number of carbonyl (C=O) groups excluding carboxylic acids is 1. The summed E-state index contributed by atoms with van der Waals surface area (Å²) in [5.74, 6) is 0.808. The van der Waals surface area contributed by atoms with Gasteiger partial charge in [0.2, 0.25) is 11.9 Å². The van der Waals surface area contributed by atoms with Crippen LogP contribution < -0.4 is 5.32 Å². The standard InChI is InChI=1S/C18H20N4O/c1-22(13-14-7-3-2-4-8-14)17(23)11-12-19-18-20-15-9-5-6-10-16(15)21-18/h2-10H,11-13H2,1H3,(H2,19,20,21). The lowest BCUT2D eigenvalue weighted by Gasteiger charge is -2.17. The van der Waals surface area contributed by atoms with Gasteiger partial charge in [0.1, 0.15) is 0 Å². The molecule has 3 rings (SSSR count). The maximum atomic E-state index is 12.2. The SMILES string of the molecule is CN(Cc1ccccc1)C(=O)CCNc1nc2ccccc2[nH]1. The minimum absolute atomic E-state index is 0.109. The van der Waals surface area contributed by atoms with E-state index in [2.05, 4.69) is 15.3 Å². The van der Waals surface area contributed by atoms with Gasteiger partial charge < -0.3 is 15.2 Å². The summed E-state index contributed by atoms with van der Waals surface area (Å²) in [5.41, 5.74) is 3.04. The second-order valence-corrected chi connectivity index (χ2v) is 5.51. The summed E-state index contributed by atoms with van der Waals surface area (Å²) in [7, 11) is 1.83. The maximum Gasteiger partial charge on any atom is 0.224 e. The summed E-state index contributed by atoms with van der Waals surface area (Å²) in [4.78, 5) is 21.5. The van der Waals surface area contributed by atoms with Gasteiger partial charge in [-0.3, -0.25) is 4.79 Å². The fourth-order valence-electron chi connectivity index (χ4n) is 2.46. The molecule has 1 aromatic heterocycles. The Hall–Kier alpha value is -2.82. The van der Waals surface area contributed by atoms with Crippen LogP contribution in [0.1, 0.15) is 12.0 Å². The zero-order chi connectivity index (χ0) is 16.1. The van der Waals surface area contributed by atoms with Crippen LogP contribution in [0, 0.1) is 0 Å². The second kappa shape index (κ2) is 6.96. The molecule has 0 unspecified atom stereocenters. The molecule has 23 heavy (non-hydrogen) atoms. The maximum absolute atomic E-state index is 12.2. The van der Waals surface area contributed by atoms with Gasteiger partial charge in [-0.25, -0.2) is 4.98 Å². The average molecular weight is 308 g/mol. The number of benzene rings is 2. The van der Waals surface area contributed by atoms with Crippen molar-refractivity contribution in [2.24, 2.45) is 0 Å². The molecular weight excluding hydrogens is 288 g/mol. The van der Waals surface area contributed by atoms with Gasteiger partial charge in [-0.15, -0.1) is 0 Å². The van der Waals surface area contributed by atoms with Crippen LogP contribution in [0.5, 0.6) is 0 Å². The number of aromatic nitrogens is 2. The van der Waals surface area contributed by atoms with Crippen molar-refractivity contribution in [3.05, 3.63) is 60.2 Å². The van der Waals surface area contributed by atoms with Crippen LogP contribution in [0.15, 0.2) is 54.6 Å². The Bertz CT molecular complexity index is 749. The van der Waals surface area contributed by atoms with E-state index in [1.807, 2.05) is 61.6 Å². The van der Waals surface area contributed by atoms with Crippen molar-refractivity contribution in [3.8, 4) is 0 Å². The Morgan fingerprint density at radius 2 is 1.87 bits per heavy atom.